The van der Waals surface area contributed by atoms with Crippen LogP contribution in [0.5, 0.6) is 11.5 Å². The highest BCUT2D eigenvalue weighted by Crippen LogP contribution is 2.42. The van der Waals surface area contributed by atoms with E-state index in [9.17, 15) is 15.0 Å². The fourth-order valence-corrected chi connectivity index (χ4v) is 3.85. The molecule has 0 aliphatic heterocycles. The van der Waals surface area contributed by atoms with Crippen molar-refractivity contribution in [1.29, 1.82) is 0 Å². The minimum atomic E-state index is -0.418. The van der Waals surface area contributed by atoms with Crippen molar-refractivity contribution in [3.63, 3.8) is 0 Å². The van der Waals surface area contributed by atoms with E-state index in [2.05, 4.69) is 21.0 Å². The number of fused-ring (bicyclic) bond motifs is 2. The van der Waals surface area contributed by atoms with E-state index < -0.39 is 5.43 Å². The van der Waals surface area contributed by atoms with Crippen LogP contribution in [0.4, 0.5) is 5.69 Å². The Balaban J connectivity index is 1.93. The summed E-state index contributed by atoms with van der Waals surface area (Å²) in [6.07, 6.45) is 0. The fraction of sp³-hybridized carbons (Fsp3) is 0.333. The number of rotatable bonds is 10. The maximum atomic E-state index is 12.6. The summed E-state index contributed by atoms with van der Waals surface area (Å²) in [7, 11) is 0. The summed E-state index contributed by atoms with van der Waals surface area (Å²) in [5.41, 5.74) is 1.61. The van der Waals surface area contributed by atoms with Crippen LogP contribution in [0.1, 0.15) is 5.69 Å². The first-order chi connectivity index (χ1) is 15.1. The number of phenolic OH excluding ortho intramolecular Hbond substituents is 1. The van der Waals surface area contributed by atoms with Gasteiger partial charge < -0.3 is 36.4 Å². The second-order valence-electron chi connectivity index (χ2n) is 7.20. The first-order valence-electron chi connectivity index (χ1n) is 10.1. The second-order valence-corrected chi connectivity index (χ2v) is 7.20. The minimum Gasteiger partial charge on any atom is -0.506 e. The molecule has 0 amide bonds. The van der Waals surface area contributed by atoms with Crippen molar-refractivity contribution in [1.82, 2.24) is 20.2 Å². The van der Waals surface area contributed by atoms with Gasteiger partial charge in [0.05, 0.1) is 35.2 Å². The van der Waals surface area contributed by atoms with Gasteiger partial charge >= 0.3 is 0 Å². The van der Waals surface area contributed by atoms with Gasteiger partial charge in [-0.15, -0.1) is 0 Å². The zero-order chi connectivity index (χ0) is 22.0. The van der Waals surface area contributed by atoms with Crippen LogP contribution in [0.3, 0.4) is 0 Å². The number of aliphatic hydroxyl groups is 2. The normalized spacial score (nSPS) is 11.8. The molecule has 0 fully saturated rings. The van der Waals surface area contributed by atoms with E-state index in [0.29, 0.717) is 55.0 Å². The van der Waals surface area contributed by atoms with Crippen molar-refractivity contribution in [2.75, 3.05) is 44.7 Å². The van der Waals surface area contributed by atoms with E-state index in [1.807, 2.05) is 12.1 Å². The molecular weight excluding hydrogens is 402 g/mol. The summed E-state index contributed by atoms with van der Waals surface area (Å²) in [6.45, 7) is 2.40. The topological polar surface area (TPSA) is 151 Å². The van der Waals surface area contributed by atoms with Gasteiger partial charge in [0, 0.05) is 43.8 Å². The van der Waals surface area contributed by atoms with Crippen molar-refractivity contribution >= 4 is 32.9 Å². The van der Waals surface area contributed by atoms with Gasteiger partial charge in [0.25, 0.3) is 0 Å². The van der Waals surface area contributed by atoms with E-state index in [4.69, 9.17) is 10.2 Å². The molecule has 2 aromatic carbocycles. The van der Waals surface area contributed by atoms with Gasteiger partial charge in [0.15, 0.2) is 5.43 Å². The fourth-order valence-electron chi connectivity index (χ4n) is 3.85. The highest BCUT2D eigenvalue weighted by atomic mass is 16.3. The van der Waals surface area contributed by atoms with Gasteiger partial charge in [-0.2, -0.15) is 5.10 Å². The average Bonchev–Trinajstić information content (AvgIpc) is 3.13. The maximum absolute atomic E-state index is 12.6. The molecule has 0 saturated heterocycles. The van der Waals surface area contributed by atoms with Gasteiger partial charge in [0.2, 0.25) is 0 Å². The Labute approximate surface area is 177 Å². The Morgan fingerprint density at radius 2 is 1.65 bits per heavy atom. The number of aromatic hydroxyl groups is 2. The largest absolute Gasteiger partial charge is 0.506 e. The highest BCUT2D eigenvalue weighted by Gasteiger charge is 2.23. The lowest BCUT2D eigenvalue weighted by molar-refractivity contribution is 0.291. The molecule has 4 rings (SSSR count). The third-order valence-corrected chi connectivity index (χ3v) is 5.21. The first-order valence-corrected chi connectivity index (χ1v) is 10.1. The van der Waals surface area contributed by atoms with Gasteiger partial charge in [-0.05, 0) is 24.3 Å². The van der Waals surface area contributed by atoms with Crippen LogP contribution in [0.2, 0.25) is 0 Å². The number of anilines is 1. The van der Waals surface area contributed by atoms with Crippen LogP contribution in [0, 0.1) is 0 Å². The molecule has 0 aliphatic rings. The molecule has 0 bridgehead atoms. The lowest BCUT2D eigenvalue weighted by Gasteiger charge is -2.14. The lowest BCUT2D eigenvalue weighted by Crippen LogP contribution is -2.24. The predicted molar refractivity (Wildman–Crippen MR) is 118 cm³/mol. The molecular formula is C21H25N5O5. The Kier molecular flexibility index (Phi) is 6.05. The van der Waals surface area contributed by atoms with E-state index in [0.717, 1.165) is 5.39 Å². The number of hydrogen-bond donors (Lipinski definition) is 7. The number of nitrogens with one attached hydrogen (secondary N) is 3. The zero-order valence-electron chi connectivity index (χ0n) is 16.9. The molecule has 0 unspecified atom stereocenters. The Hall–Kier alpha value is -3.18. The van der Waals surface area contributed by atoms with E-state index in [1.165, 1.54) is 16.6 Å². The third kappa shape index (κ3) is 3.70. The summed E-state index contributed by atoms with van der Waals surface area (Å²) in [6, 6.07) is 6.21. The molecule has 0 atom stereocenters. The minimum absolute atomic E-state index is 0.000534. The van der Waals surface area contributed by atoms with Gasteiger partial charge in [-0.1, -0.05) is 0 Å². The average molecular weight is 427 g/mol. The number of hydrogen-bond acceptors (Lipinski definition) is 9. The Bertz CT molecular complexity index is 1270. The number of phenols is 1. The zero-order valence-corrected chi connectivity index (χ0v) is 16.9. The molecule has 0 saturated carbocycles. The molecule has 10 heteroatoms. The molecule has 10 nitrogen and oxygen atoms in total. The van der Waals surface area contributed by atoms with Crippen LogP contribution in [-0.2, 0) is 6.54 Å². The molecule has 0 aliphatic carbocycles. The summed E-state index contributed by atoms with van der Waals surface area (Å²) >= 11 is 0. The summed E-state index contributed by atoms with van der Waals surface area (Å²) in [4.78, 5) is 12.6. The Morgan fingerprint density at radius 3 is 2.42 bits per heavy atom. The predicted octanol–water partition coefficient (Wildman–Crippen LogP) is -0.0744. The SMILES string of the molecule is O=c1ccc(O)c2c1c(O)c1c(NCCNCCO)ccc3c(CNCCO)nn2c31. The number of pyridine rings is 1. The van der Waals surface area contributed by atoms with Crippen molar-refractivity contribution in [3.05, 3.63) is 40.2 Å². The summed E-state index contributed by atoms with van der Waals surface area (Å²) in [5, 5.41) is 54.7. The third-order valence-electron chi connectivity index (χ3n) is 5.21. The van der Waals surface area contributed by atoms with E-state index in [1.54, 1.807) is 0 Å². The van der Waals surface area contributed by atoms with Crippen LogP contribution < -0.4 is 21.4 Å². The van der Waals surface area contributed by atoms with Gasteiger partial charge in [-0.25, -0.2) is 4.52 Å². The number of nitrogens with zero attached hydrogens (tertiary/aromatic N) is 2. The standard InChI is InChI=1S/C21H25N5O5/c27-9-7-22-5-6-24-13-2-1-12-14(11-23-8-10-28)25-26-19(12)17(13)21(31)18-15(29)3-4-16(30)20(18)26/h1-4,22-24,27-28,30-31H,5-11H2. The maximum Gasteiger partial charge on any atom is 0.192 e. The van der Waals surface area contributed by atoms with Crippen molar-refractivity contribution in [3.8, 4) is 11.5 Å². The molecule has 164 valence electrons. The van der Waals surface area contributed by atoms with E-state index >= 15 is 0 Å². The van der Waals surface area contributed by atoms with Crippen LogP contribution >= 0.6 is 0 Å². The first kappa shape index (κ1) is 21.1. The molecule has 31 heavy (non-hydrogen) atoms. The molecule has 0 spiro atoms. The van der Waals surface area contributed by atoms with Gasteiger partial charge in [0.1, 0.15) is 17.0 Å². The molecule has 4 aromatic rings. The molecule has 7 N–H and O–H groups in total. The molecule has 2 aromatic heterocycles. The second kappa shape index (κ2) is 8.90. The van der Waals surface area contributed by atoms with Crippen LogP contribution in [-0.4, -0.2) is 69.4 Å². The summed E-state index contributed by atoms with van der Waals surface area (Å²) < 4.78 is 1.50. The monoisotopic (exact) mass is 427 g/mol. The lowest BCUT2D eigenvalue weighted by atomic mass is 10.0. The smallest absolute Gasteiger partial charge is 0.192 e. The Morgan fingerprint density at radius 1 is 0.871 bits per heavy atom. The van der Waals surface area contributed by atoms with Crippen molar-refractivity contribution in [2.45, 2.75) is 6.54 Å². The quantitative estimate of drug-likeness (QED) is 0.136. The highest BCUT2D eigenvalue weighted by molar-refractivity contribution is 6.14. The van der Waals surface area contributed by atoms with Crippen molar-refractivity contribution < 1.29 is 20.4 Å². The number of aliphatic hydroxyl groups excluding tert-OH is 2. The van der Waals surface area contributed by atoms with Crippen LogP contribution in [0.15, 0.2) is 29.1 Å². The van der Waals surface area contributed by atoms with E-state index in [-0.39, 0.29) is 35.6 Å². The van der Waals surface area contributed by atoms with Crippen LogP contribution in [0.25, 0.3) is 27.2 Å². The number of benzene rings is 2. The van der Waals surface area contributed by atoms with Crippen molar-refractivity contribution in [2.24, 2.45) is 0 Å². The summed E-state index contributed by atoms with van der Waals surface area (Å²) in [5.74, 6) is -0.368. The molecule has 0 radical (unpaired) electrons. The molecule has 2 heterocycles. The number of aromatic nitrogens is 2. The van der Waals surface area contributed by atoms with Gasteiger partial charge in [-0.3, -0.25) is 4.79 Å².